The SMILES string of the molecule is CSc1nnc(CCCNC(=O)CN)n1CC(C)C. The molecule has 0 aliphatic heterocycles. The highest BCUT2D eigenvalue weighted by Gasteiger charge is 2.12. The third-order valence-corrected chi connectivity index (χ3v) is 3.28. The molecular formula is C12H23N5OS. The van der Waals surface area contributed by atoms with Crippen LogP contribution in [0.4, 0.5) is 0 Å². The minimum Gasteiger partial charge on any atom is -0.355 e. The molecule has 7 heteroatoms. The number of rotatable bonds is 8. The standard InChI is InChI=1S/C12H23N5OS/c1-9(2)8-17-10(15-16-12(17)19-3)5-4-6-14-11(18)7-13/h9H,4-8,13H2,1-3H3,(H,14,18). The van der Waals surface area contributed by atoms with Crippen LogP contribution < -0.4 is 11.1 Å². The van der Waals surface area contributed by atoms with E-state index in [-0.39, 0.29) is 12.5 Å². The van der Waals surface area contributed by atoms with Crippen molar-refractivity contribution in [2.24, 2.45) is 11.7 Å². The fourth-order valence-corrected chi connectivity index (χ4v) is 2.27. The summed E-state index contributed by atoms with van der Waals surface area (Å²) < 4.78 is 2.17. The zero-order valence-electron chi connectivity index (χ0n) is 11.8. The molecule has 0 aliphatic rings. The quantitative estimate of drug-likeness (QED) is 0.541. The van der Waals surface area contributed by atoms with Crippen molar-refractivity contribution < 1.29 is 4.79 Å². The molecule has 19 heavy (non-hydrogen) atoms. The maximum atomic E-state index is 11.0. The van der Waals surface area contributed by atoms with E-state index in [0.29, 0.717) is 12.5 Å². The molecule has 3 N–H and O–H groups in total. The van der Waals surface area contributed by atoms with E-state index in [0.717, 1.165) is 30.4 Å². The Morgan fingerprint density at radius 3 is 2.79 bits per heavy atom. The van der Waals surface area contributed by atoms with E-state index >= 15 is 0 Å². The largest absolute Gasteiger partial charge is 0.355 e. The fraction of sp³-hybridized carbons (Fsp3) is 0.750. The lowest BCUT2D eigenvalue weighted by Crippen LogP contribution is -2.31. The second-order valence-corrected chi connectivity index (χ2v) is 5.54. The van der Waals surface area contributed by atoms with Gasteiger partial charge >= 0.3 is 0 Å². The lowest BCUT2D eigenvalue weighted by atomic mass is 10.2. The summed E-state index contributed by atoms with van der Waals surface area (Å²) in [6, 6.07) is 0. The molecule has 1 aromatic heterocycles. The number of amides is 1. The first-order chi connectivity index (χ1) is 9.08. The second kappa shape index (κ2) is 8.16. The van der Waals surface area contributed by atoms with E-state index in [4.69, 9.17) is 5.73 Å². The van der Waals surface area contributed by atoms with Crippen LogP contribution in [0.2, 0.25) is 0 Å². The normalized spacial score (nSPS) is 11.0. The number of hydrogen-bond acceptors (Lipinski definition) is 5. The van der Waals surface area contributed by atoms with Crippen molar-refractivity contribution in [1.82, 2.24) is 20.1 Å². The van der Waals surface area contributed by atoms with Crippen molar-refractivity contribution in [3.05, 3.63) is 5.82 Å². The van der Waals surface area contributed by atoms with Crippen molar-refractivity contribution in [1.29, 1.82) is 0 Å². The second-order valence-electron chi connectivity index (χ2n) is 4.77. The Balaban J connectivity index is 2.53. The molecular weight excluding hydrogens is 262 g/mol. The third kappa shape index (κ3) is 5.20. The maximum Gasteiger partial charge on any atom is 0.233 e. The lowest BCUT2D eigenvalue weighted by molar-refractivity contribution is -0.119. The molecule has 108 valence electrons. The van der Waals surface area contributed by atoms with Crippen LogP contribution in [0, 0.1) is 5.92 Å². The summed E-state index contributed by atoms with van der Waals surface area (Å²) in [5, 5.41) is 12.1. The van der Waals surface area contributed by atoms with Gasteiger partial charge in [0.05, 0.1) is 6.54 Å². The highest BCUT2D eigenvalue weighted by molar-refractivity contribution is 7.98. The predicted molar refractivity (Wildman–Crippen MR) is 77.0 cm³/mol. The Kier molecular flexibility index (Phi) is 6.86. The minimum atomic E-state index is -0.117. The van der Waals surface area contributed by atoms with Crippen molar-refractivity contribution in [2.75, 3.05) is 19.3 Å². The Hall–Kier alpha value is -1.08. The van der Waals surface area contributed by atoms with Crippen LogP contribution >= 0.6 is 11.8 Å². The smallest absolute Gasteiger partial charge is 0.233 e. The first-order valence-electron chi connectivity index (χ1n) is 6.51. The van der Waals surface area contributed by atoms with Gasteiger partial charge < -0.3 is 15.6 Å². The van der Waals surface area contributed by atoms with Gasteiger partial charge in [0.15, 0.2) is 5.16 Å². The molecule has 0 fully saturated rings. The lowest BCUT2D eigenvalue weighted by Gasteiger charge is -2.11. The molecule has 6 nitrogen and oxygen atoms in total. The summed E-state index contributed by atoms with van der Waals surface area (Å²) in [7, 11) is 0. The molecule has 0 atom stereocenters. The molecule has 0 aliphatic carbocycles. The van der Waals surface area contributed by atoms with Gasteiger partial charge in [-0.25, -0.2) is 0 Å². The highest BCUT2D eigenvalue weighted by atomic mass is 32.2. The molecule has 1 rings (SSSR count). The van der Waals surface area contributed by atoms with Crippen LogP contribution in [0.25, 0.3) is 0 Å². The average Bonchev–Trinajstić information content (AvgIpc) is 2.76. The number of nitrogens with two attached hydrogens (primary N) is 1. The van der Waals surface area contributed by atoms with Crippen LogP contribution in [0.1, 0.15) is 26.1 Å². The van der Waals surface area contributed by atoms with Gasteiger partial charge in [0.1, 0.15) is 5.82 Å². The number of carbonyl (C=O) groups is 1. The molecule has 0 unspecified atom stereocenters. The molecule has 0 aromatic carbocycles. The van der Waals surface area contributed by atoms with Gasteiger partial charge in [-0.05, 0) is 18.6 Å². The van der Waals surface area contributed by atoms with Crippen molar-refractivity contribution in [3.63, 3.8) is 0 Å². The van der Waals surface area contributed by atoms with E-state index < -0.39 is 0 Å². The van der Waals surface area contributed by atoms with E-state index in [2.05, 4.69) is 33.9 Å². The zero-order valence-corrected chi connectivity index (χ0v) is 12.7. The van der Waals surface area contributed by atoms with Gasteiger partial charge in [0.25, 0.3) is 0 Å². The molecule has 1 heterocycles. The number of carbonyl (C=O) groups excluding carboxylic acids is 1. The number of aryl methyl sites for hydroxylation is 1. The van der Waals surface area contributed by atoms with E-state index in [9.17, 15) is 4.79 Å². The highest BCUT2D eigenvalue weighted by Crippen LogP contribution is 2.16. The van der Waals surface area contributed by atoms with Gasteiger partial charge in [0.2, 0.25) is 5.91 Å². The zero-order chi connectivity index (χ0) is 14.3. The molecule has 1 aromatic rings. The Morgan fingerprint density at radius 1 is 1.47 bits per heavy atom. The number of thioether (sulfide) groups is 1. The molecule has 0 saturated carbocycles. The van der Waals surface area contributed by atoms with Gasteiger partial charge in [-0.3, -0.25) is 4.79 Å². The van der Waals surface area contributed by atoms with Crippen molar-refractivity contribution in [3.8, 4) is 0 Å². The van der Waals surface area contributed by atoms with Crippen LogP contribution in [-0.4, -0.2) is 40.0 Å². The number of hydrogen-bond donors (Lipinski definition) is 2. The minimum absolute atomic E-state index is 0.0418. The first-order valence-corrected chi connectivity index (χ1v) is 7.73. The van der Waals surface area contributed by atoms with Crippen molar-refractivity contribution in [2.45, 2.75) is 38.4 Å². The van der Waals surface area contributed by atoms with E-state index in [1.807, 2.05) is 6.26 Å². The summed E-state index contributed by atoms with van der Waals surface area (Å²) in [5.41, 5.74) is 5.22. The molecule has 1 amide bonds. The van der Waals surface area contributed by atoms with Crippen molar-refractivity contribution >= 4 is 17.7 Å². The summed E-state index contributed by atoms with van der Waals surface area (Å²) in [6.45, 7) is 5.94. The number of nitrogens with zero attached hydrogens (tertiary/aromatic N) is 3. The molecule has 0 saturated heterocycles. The molecule has 0 bridgehead atoms. The topological polar surface area (TPSA) is 85.8 Å². The average molecular weight is 285 g/mol. The van der Waals surface area contributed by atoms with Gasteiger partial charge in [-0.2, -0.15) is 0 Å². The van der Waals surface area contributed by atoms with E-state index in [1.54, 1.807) is 11.8 Å². The Bertz CT molecular complexity index is 405. The summed E-state index contributed by atoms with van der Waals surface area (Å²) in [6.07, 6.45) is 3.66. The fourth-order valence-electron chi connectivity index (χ4n) is 1.75. The van der Waals surface area contributed by atoms with Crippen LogP contribution in [0.15, 0.2) is 5.16 Å². The van der Waals surface area contributed by atoms with Crippen LogP contribution in [-0.2, 0) is 17.8 Å². The van der Waals surface area contributed by atoms with Crippen LogP contribution in [0.3, 0.4) is 0 Å². The monoisotopic (exact) mass is 285 g/mol. The van der Waals surface area contributed by atoms with Gasteiger partial charge in [-0.1, -0.05) is 25.6 Å². The number of nitrogens with one attached hydrogen (secondary N) is 1. The molecule has 0 radical (unpaired) electrons. The van der Waals surface area contributed by atoms with E-state index in [1.165, 1.54) is 0 Å². The Morgan fingerprint density at radius 2 is 2.21 bits per heavy atom. The maximum absolute atomic E-state index is 11.0. The Labute approximate surface area is 118 Å². The summed E-state index contributed by atoms with van der Waals surface area (Å²) in [4.78, 5) is 11.0. The number of aromatic nitrogens is 3. The summed E-state index contributed by atoms with van der Waals surface area (Å²) in [5.74, 6) is 1.42. The first kappa shape index (κ1) is 16.0. The molecule has 0 spiro atoms. The predicted octanol–water partition coefficient (Wildman–Crippen LogP) is 0.663. The summed E-state index contributed by atoms with van der Waals surface area (Å²) >= 11 is 1.61. The van der Waals surface area contributed by atoms with Crippen LogP contribution in [0.5, 0.6) is 0 Å². The van der Waals surface area contributed by atoms with Gasteiger partial charge in [0, 0.05) is 19.5 Å². The third-order valence-electron chi connectivity index (χ3n) is 2.61. The van der Waals surface area contributed by atoms with Gasteiger partial charge in [-0.15, -0.1) is 10.2 Å².